The minimum Gasteiger partial charge on any atom is -0.478 e. The van der Waals surface area contributed by atoms with Gasteiger partial charge in [0.05, 0.1) is 16.3 Å². The van der Waals surface area contributed by atoms with E-state index in [1.807, 2.05) is 0 Å². The molecular formula is C14H17ClN2O3. The fourth-order valence-corrected chi connectivity index (χ4v) is 2.58. The van der Waals surface area contributed by atoms with Crippen LogP contribution in [0.5, 0.6) is 0 Å². The number of hydrogen-bond donors (Lipinski definition) is 3. The predicted molar refractivity (Wildman–Crippen MR) is 77.0 cm³/mol. The molecule has 0 saturated heterocycles. The molecular weight excluding hydrogens is 280 g/mol. The first-order chi connectivity index (χ1) is 9.46. The number of carbonyl (C=O) groups excluding carboxylic acids is 1. The van der Waals surface area contributed by atoms with Crippen molar-refractivity contribution in [3.63, 3.8) is 0 Å². The molecule has 2 rings (SSSR count). The van der Waals surface area contributed by atoms with Crippen LogP contribution in [0.3, 0.4) is 0 Å². The van der Waals surface area contributed by atoms with Crippen LogP contribution in [0.2, 0.25) is 5.02 Å². The summed E-state index contributed by atoms with van der Waals surface area (Å²) >= 11 is 5.97. The summed E-state index contributed by atoms with van der Waals surface area (Å²) in [7, 11) is 0. The van der Waals surface area contributed by atoms with E-state index < -0.39 is 5.97 Å². The highest BCUT2D eigenvalue weighted by Crippen LogP contribution is 2.43. The number of carboxylic acids is 1. The Kier molecular flexibility index (Phi) is 4.30. The van der Waals surface area contributed by atoms with Crippen LogP contribution in [-0.2, 0) is 4.79 Å². The van der Waals surface area contributed by atoms with Crippen molar-refractivity contribution < 1.29 is 14.7 Å². The Bertz CT molecular complexity index is 536. The minimum absolute atomic E-state index is 0.0851. The second-order valence-electron chi connectivity index (χ2n) is 5.28. The standard InChI is InChI=1S/C14H17ClN2O3/c15-10-3-2-9(13(19)20)6-11(10)17-12(18)7-14(8-16)4-1-5-14/h2-3,6H,1,4-5,7-8,16H2,(H,17,18)(H,19,20). The van der Waals surface area contributed by atoms with Gasteiger partial charge in [0.2, 0.25) is 5.91 Å². The summed E-state index contributed by atoms with van der Waals surface area (Å²) < 4.78 is 0. The molecule has 20 heavy (non-hydrogen) atoms. The van der Waals surface area contributed by atoms with E-state index in [9.17, 15) is 9.59 Å². The molecule has 1 aromatic rings. The minimum atomic E-state index is -1.06. The zero-order chi connectivity index (χ0) is 14.8. The first kappa shape index (κ1) is 14.8. The van der Waals surface area contributed by atoms with Gasteiger partial charge in [0.1, 0.15) is 0 Å². The van der Waals surface area contributed by atoms with Gasteiger partial charge in [0, 0.05) is 6.42 Å². The van der Waals surface area contributed by atoms with Crippen molar-refractivity contribution >= 4 is 29.2 Å². The van der Waals surface area contributed by atoms with E-state index in [1.165, 1.54) is 18.2 Å². The number of hydrogen-bond acceptors (Lipinski definition) is 3. The highest BCUT2D eigenvalue weighted by Gasteiger charge is 2.37. The summed E-state index contributed by atoms with van der Waals surface area (Å²) in [6.45, 7) is 0.489. The highest BCUT2D eigenvalue weighted by atomic mass is 35.5. The topological polar surface area (TPSA) is 92.4 Å². The molecule has 6 heteroatoms. The molecule has 5 nitrogen and oxygen atoms in total. The molecule has 0 heterocycles. The first-order valence-electron chi connectivity index (χ1n) is 6.48. The van der Waals surface area contributed by atoms with E-state index >= 15 is 0 Å². The molecule has 1 aliphatic carbocycles. The molecule has 1 aliphatic rings. The normalized spacial score (nSPS) is 16.3. The highest BCUT2D eigenvalue weighted by molar-refractivity contribution is 6.33. The third kappa shape index (κ3) is 3.11. The number of amides is 1. The Morgan fingerprint density at radius 1 is 1.40 bits per heavy atom. The van der Waals surface area contributed by atoms with Crippen molar-refractivity contribution in [2.75, 3.05) is 11.9 Å². The lowest BCUT2D eigenvalue weighted by Crippen LogP contribution is -2.40. The Labute approximate surface area is 122 Å². The SMILES string of the molecule is NCC1(CC(=O)Nc2cc(C(=O)O)ccc2Cl)CCC1. The third-order valence-electron chi connectivity index (χ3n) is 3.87. The van der Waals surface area contributed by atoms with Crippen molar-refractivity contribution in [3.8, 4) is 0 Å². The van der Waals surface area contributed by atoms with Crippen molar-refractivity contribution in [2.45, 2.75) is 25.7 Å². The summed E-state index contributed by atoms with van der Waals surface area (Å²) in [5.41, 5.74) is 6.03. The maximum atomic E-state index is 12.0. The number of carbonyl (C=O) groups is 2. The van der Waals surface area contributed by atoms with Gasteiger partial charge in [-0.25, -0.2) is 4.79 Å². The van der Waals surface area contributed by atoms with Gasteiger partial charge in [-0.1, -0.05) is 18.0 Å². The average Bonchev–Trinajstić information content (AvgIpc) is 2.36. The second kappa shape index (κ2) is 5.81. The van der Waals surface area contributed by atoms with Gasteiger partial charge in [-0.3, -0.25) is 4.79 Å². The molecule has 1 saturated carbocycles. The molecule has 1 fully saturated rings. The molecule has 0 unspecified atom stereocenters. The molecule has 0 bridgehead atoms. The second-order valence-corrected chi connectivity index (χ2v) is 5.69. The van der Waals surface area contributed by atoms with Gasteiger partial charge in [0.25, 0.3) is 0 Å². The summed E-state index contributed by atoms with van der Waals surface area (Å²) in [6.07, 6.45) is 3.36. The summed E-state index contributed by atoms with van der Waals surface area (Å²) in [4.78, 5) is 22.9. The van der Waals surface area contributed by atoms with Gasteiger partial charge >= 0.3 is 5.97 Å². The third-order valence-corrected chi connectivity index (χ3v) is 4.20. The smallest absolute Gasteiger partial charge is 0.335 e. The number of benzene rings is 1. The van der Waals surface area contributed by atoms with Crippen molar-refractivity contribution in [2.24, 2.45) is 11.1 Å². The molecule has 0 aromatic heterocycles. The zero-order valence-corrected chi connectivity index (χ0v) is 11.7. The van der Waals surface area contributed by atoms with Gasteiger partial charge in [-0.05, 0) is 43.0 Å². The van der Waals surface area contributed by atoms with Crippen LogP contribution in [0.25, 0.3) is 0 Å². The average molecular weight is 297 g/mol. The van der Waals surface area contributed by atoms with Crippen LogP contribution >= 0.6 is 11.6 Å². The van der Waals surface area contributed by atoms with Crippen LogP contribution in [0, 0.1) is 5.41 Å². The van der Waals surface area contributed by atoms with E-state index in [0.29, 0.717) is 23.7 Å². The molecule has 1 amide bonds. The van der Waals surface area contributed by atoms with Crippen LogP contribution in [0.15, 0.2) is 18.2 Å². The zero-order valence-electron chi connectivity index (χ0n) is 11.0. The Hall–Kier alpha value is -1.59. The lowest BCUT2D eigenvalue weighted by atomic mass is 9.66. The monoisotopic (exact) mass is 296 g/mol. The van der Waals surface area contributed by atoms with E-state index in [2.05, 4.69) is 5.32 Å². The number of rotatable bonds is 5. The molecule has 4 N–H and O–H groups in total. The fourth-order valence-electron chi connectivity index (χ4n) is 2.42. The lowest BCUT2D eigenvalue weighted by molar-refractivity contribution is -0.119. The first-order valence-corrected chi connectivity index (χ1v) is 6.86. The lowest BCUT2D eigenvalue weighted by Gasteiger charge is -2.40. The molecule has 1 aromatic carbocycles. The van der Waals surface area contributed by atoms with E-state index in [4.69, 9.17) is 22.4 Å². The number of anilines is 1. The summed E-state index contributed by atoms with van der Waals surface area (Å²) in [5.74, 6) is -1.24. The Morgan fingerprint density at radius 2 is 2.10 bits per heavy atom. The van der Waals surface area contributed by atoms with E-state index in [0.717, 1.165) is 19.3 Å². The maximum Gasteiger partial charge on any atom is 0.335 e. The predicted octanol–water partition coefficient (Wildman–Crippen LogP) is 2.50. The molecule has 0 atom stereocenters. The molecule has 0 radical (unpaired) electrons. The van der Waals surface area contributed by atoms with Crippen LogP contribution in [0.4, 0.5) is 5.69 Å². The molecule has 108 valence electrons. The van der Waals surface area contributed by atoms with Crippen LogP contribution < -0.4 is 11.1 Å². The fraction of sp³-hybridized carbons (Fsp3) is 0.429. The van der Waals surface area contributed by atoms with Crippen LogP contribution in [-0.4, -0.2) is 23.5 Å². The largest absolute Gasteiger partial charge is 0.478 e. The van der Waals surface area contributed by atoms with Crippen molar-refractivity contribution in [1.82, 2.24) is 0 Å². The molecule has 0 spiro atoms. The van der Waals surface area contributed by atoms with Gasteiger partial charge in [-0.15, -0.1) is 0 Å². The van der Waals surface area contributed by atoms with Gasteiger partial charge in [-0.2, -0.15) is 0 Å². The number of aromatic carboxylic acids is 1. The van der Waals surface area contributed by atoms with E-state index in [1.54, 1.807) is 0 Å². The van der Waals surface area contributed by atoms with Gasteiger partial charge < -0.3 is 16.2 Å². The summed E-state index contributed by atoms with van der Waals surface area (Å²) in [5, 5.41) is 11.9. The quantitative estimate of drug-likeness (QED) is 0.778. The summed E-state index contributed by atoms with van der Waals surface area (Å²) in [6, 6.07) is 4.22. The Morgan fingerprint density at radius 3 is 2.60 bits per heavy atom. The van der Waals surface area contributed by atoms with Crippen molar-refractivity contribution in [1.29, 1.82) is 0 Å². The number of nitrogens with two attached hydrogens (primary N) is 1. The molecule has 0 aliphatic heterocycles. The number of halogens is 1. The van der Waals surface area contributed by atoms with Crippen LogP contribution in [0.1, 0.15) is 36.0 Å². The number of carboxylic acid groups (broad SMARTS) is 1. The van der Waals surface area contributed by atoms with Gasteiger partial charge in [0.15, 0.2) is 0 Å². The number of nitrogens with one attached hydrogen (secondary N) is 1. The Balaban J connectivity index is 2.07. The maximum absolute atomic E-state index is 12.0. The van der Waals surface area contributed by atoms with E-state index in [-0.39, 0.29) is 16.9 Å². The van der Waals surface area contributed by atoms with Crippen molar-refractivity contribution in [3.05, 3.63) is 28.8 Å².